The Bertz CT molecular complexity index is 879. The van der Waals surface area contributed by atoms with Crippen molar-refractivity contribution >= 4 is 29.1 Å². The molecule has 0 fully saturated rings. The van der Waals surface area contributed by atoms with Crippen LogP contribution in [0.2, 0.25) is 0 Å². The lowest BCUT2D eigenvalue weighted by Crippen LogP contribution is -2.30. The third kappa shape index (κ3) is 2.40. The first-order valence-electron chi connectivity index (χ1n) is 7.46. The number of aryl methyl sites for hydroxylation is 2. The van der Waals surface area contributed by atoms with Crippen molar-refractivity contribution < 1.29 is 14.4 Å². The van der Waals surface area contributed by atoms with Gasteiger partial charge in [-0.2, -0.15) is 0 Å². The van der Waals surface area contributed by atoms with Crippen LogP contribution < -0.4 is 10.2 Å². The maximum absolute atomic E-state index is 12.8. The molecule has 0 aromatic heterocycles. The van der Waals surface area contributed by atoms with E-state index < -0.39 is 0 Å². The molecule has 3 amide bonds. The molecule has 2 aromatic rings. The standard InChI is InChI=1S/C19H16N2O3/c1-4-16(22)20-13-8-9-14-15(10-13)19(24)21(18(14)23)17-11(2)6-5-7-12(17)3/h4-10H,1H2,2-3H3,(H,20,22). The van der Waals surface area contributed by atoms with Crippen LogP contribution in [0.25, 0.3) is 0 Å². The van der Waals surface area contributed by atoms with Crippen LogP contribution in [0, 0.1) is 13.8 Å². The number of fused-ring (bicyclic) bond motifs is 1. The van der Waals surface area contributed by atoms with Gasteiger partial charge in [-0.3, -0.25) is 14.4 Å². The van der Waals surface area contributed by atoms with E-state index in [-0.39, 0.29) is 23.3 Å². The second-order valence-electron chi connectivity index (χ2n) is 5.64. The lowest BCUT2D eigenvalue weighted by molar-refractivity contribution is -0.111. The maximum Gasteiger partial charge on any atom is 0.266 e. The fraction of sp³-hybridized carbons (Fsp3) is 0.105. The predicted molar refractivity (Wildman–Crippen MR) is 92.3 cm³/mol. The van der Waals surface area contributed by atoms with E-state index in [0.29, 0.717) is 16.9 Å². The fourth-order valence-electron chi connectivity index (χ4n) is 2.87. The summed E-state index contributed by atoms with van der Waals surface area (Å²) in [5.74, 6) is -1.12. The van der Waals surface area contributed by atoms with E-state index in [9.17, 15) is 14.4 Å². The van der Waals surface area contributed by atoms with E-state index in [1.54, 1.807) is 12.1 Å². The molecule has 1 aliphatic heterocycles. The number of amides is 3. The third-order valence-electron chi connectivity index (χ3n) is 4.00. The number of para-hydroxylation sites is 1. The van der Waals surface area contributed by atoms with Gasteiger partial charge in [0.2, 0.25) is 5.91 Å². The summed E-state index contributed by atoms with van der Waals surface area (Å²) in [6.07, 6.45) is 1.14. The summed E-state index contributed by atoms with van der Waals surface area (Å²) in [5.41, 5.74) is 3.38. The van der Waals surface area contributed by atoms with Crippen LogP contribution in [0.5, 0.6) is 0 Å². The Morgan fingerprint density at radius 3 is 2.29 bits per heavy atom. The molecule has 0 bridgehead atoms. The monoisotopic (exact) mass is 320 g/mol. The molecule has 1 aliphatic rings. The summed E-state index contributed by atoms with van der Waals surface area (Å²) in [7, 11) is 0. The zero-order chi connectivity index (χ0) is 17.4. The number of imide groups is 1. The van der Waals surface area contributed by atoms with Crippen molar-refractivity contribution in [2.45, 2.75) is 13.8 Å². The predicted octanol–water partition coefficient (Wildman–Crippen LogP) is 3.23. The van der Waals surface area contributed by atoms with Crippen molar-refractivity contribution in [2.24, 2.45) is 0 Å². The molecule has 0 radical (unpaired) electrons. The minimum atomic E-state index is -0.387. The van der Waals surface area contributed by atoms with Gasteiger partial charge in [-0.15, -0.1) is 0 Å². The van der Waals surface area contributed by atoms with Gasteiger partial charge in [0.25, 0.3) is 11.8 Å². The Labute approximate surface area is 139 Å². The molecule has 0 aliphatic carbocycles. The Kier molecular flexibility index (Phi) is 3.77. The first-order chi connectivity index (χ1) is 11.4. The van der Waals surface area contributed by atoms with E-state index >= 15 is 0 Å². The van der Waals surface area contributed by atoms with Crippen molar-refractivity contribution in [1.82, 2.24) is 0 Å². The summed E-state index contributed by atoms with van der Waals surface area (Å²) >= 11 is 0. The fourth-order valence-corrected chi connectivity index (χ4v) is 2.87. The Morgan fingerprint density at radius 2 is 1.67 bits per heavy atom. The number of carbonyl (C=O) groups excluding carboxylic acids is 3. The topological polar surface area (TPSA) is 66.5 Å². The summed E-state index contributed by atoms with van der Waals surface area (Å²) in [6.45, 7) is 7.11. The average Bonchev–Trinajstić information content (AvgIpc) is 2.79. The van der Waals surface area contributed by atoms with Gasteiger partial charge in [-0.25, -0.2) is 4.90 Å². The van der Waals surface area contributed by atoms with Crippen molar-refractivity contribution in [3.05, 3.63) is 71.3 Å². The number of nitrogens with one attached hydrogen (secondary N) is 1. The van der Waals surface area contributed by atoms with Gasteiger partial charge in [-0.05, 0) is 49.2 Å². The van der Waals surface area contributed by atoms with E-state index in [0.717, 1.165) is 17.2 Å². The molecule has 1 heterocycles. The van der Waals surface area contributed by atoms with Crippen LogP contribution in [-0.4, -0.2) is 17.7 Å². The minimum Gasteiger partial charge on any atom is -0.323 e. The van der Waals surface area contributed by atoms with Gasteiger partial charge >= 0.3 is 0 Å². The number of hydrogen-bond donors (Lipinski definition) is 1. The van der Waals surface area contributed by atoms with Crippen molar-refractivity contribution in [1.29, 1.82) is 0 Å². The molecule has 0 saturated heterocycles. The van der Waals surface area contributed by atoms with Crippen LogP contribution in [-0.2, 0) is 4.79 Å². The number of hydrogen-bond acceptors (Lipinski definition) is 3. The second-order valence-corrected chi connectivity index (χ2v) is 5.64. The van der Waals surface area contributed by atoms with Crippen molar-refractivity contribution in [2.75, 3.05) is 10.2 Å². The third-order valence-corrected chi connectivity index (χ3v) is 4.00. The van der Waals surface area contributed by atoms with Gasteiger partial charge < -0.3 is 5.32 Å². The summed E-state index contributed by atoms with van der Waals surface area (Å²) < 4.78 is 0. The highest BCUT2D eigenvalue weighted by atomic mass is 16.2. The molecular formula is C19H16N2O3. The van der Waals surface area contributed by atoms with E-state index in [1.165, 1.54) is 11.0 Å². The zero-order valence-corrected chi connectivity index (χ0v) is 13.4. The van der Waals surface area contributed by atoms with Crippen LogP contribution in [0.3, 0.4) is 0 Å². The number of nitrogens with zero attached hydrogens (tertiary/aromatic N) is 1. The molecule has 0 unspecified atom stereocenters. The SMILES string of the molecule is C=CC(=O)Nc1ccc2c(c1)C(=O)N(c1c(C)cccc1C)C2=O. The quantitative estimate of drug-likeness (QED) is 0.697. The van der Waals surface area contributed by atoms with Crippen molar-refractivity contribution in [3.8, 4) is 0 Å². The maximum atomic E-state index is 12.8. The van der Waals surface area contributed by atoms with Gasteiger partial charge in [0.1, 0.15) is 0 Å². The molecular weight excluding hydrogens is 304 g/mol. The van der Waals surface area contributed by atoms with Crippen LogP contribution >= 0.6 is 0 Å². The largest absolute Gasteiger partial charge is 0.323 e. The molecule has 5 heteroatoms. The van der Waals surface area contributed by atoms with E-state index in [1.807, 2.05) is 32.0 Å². The lowest BCUT2D eigenvalue weighted by atomic mass is 10.1. The van der Waals surface area contributed by atoms with E-state index in [4.69, 9.17) is 0 Å². The molecule has 24 heavy (non-hydrogen) atoms. The van der Waals surface area contributed by atoms with Gasteiger partial charge in [-0.1, -0.05) is 24.8 Å². The molecule has 0 saturated carbocycles. The zero-order valence-electron chi connectivity index (χ0n) is 13.4. The number of carbonyl (C=O) groups is 3. The molecule has 0 atom stereocenters. The van der Waals surface area contributed by atoms with Gasteiger partial charge in [0.05, 0.1) is 16.8 Å². The Hall–Kier alpha value is -3.21. The minimum absolute atomic E-state index is 0.282. The average molecular weight is 320 g/mol. The van der Waals surface area contributed by atoms with Crippen LogP contribution in [0.1, 0.15) is 31.8 Å². The normalized spacial score (nSPS) is 13.0. The van der Waals surface area contributed by atoms with Crippen molar-refractivity contribution in [3.63, 3.8) is 0 Å². The first-order valence-corrected chi connectivity index (χ1v) is 7.46. The van der Waals surface area contributed by atoms with Gasteiger partial charge in [0.15, 0.2) is 0 Å². The highest BCUT2D eigenvalue weighted by Gasteiger charge is 2.38. The molecule has 120 valence electrons. The highest BCUT2D eigenvalue weighted by Crippen LogP contribution is 2.33. The summed E-state index contributed by atoms with van der Waals surface area (Å²) in [5, 5.41) is 2.60. The molecule has 5 nitrogen and oxygen atoms in total. The number of rotatable bonds is 3. The second kappa shape index (κ2) is 5.77. The number of benzene rings is 2. The smallest absolute Gasteiger partial charge is 0.266 e. The van der Waals surface area contributed by atoms with Gasteiger partial charge in [0, 0.05) is 5.69 Å². The summed E-state index contributed by atoms with van der Waals surface area (Å²) in [4.78, 5) is 38.1. The molecule has 2 aromatic carbocycles. The Morgan fingerprint density at radius 1 is 1.04 bits per heavy atom. The molecule has 3 rings (SSSR count). The molecule has 1 N–H and O–H groups in total. The summed E-state index contributed by atoms with van der Waals surface area (Å²) in [6, 6.07) is 10.3. The van der Waals surface area contributed by atoms with Crippen LogP contribution in [0.4, 0.5) is 11.4 Å². The number of anilines is 2. The van der Waals surface area contributed by atoms with E-state index in [2.05, 4.69) is 11.9 Å². The van der Waals surface area contributed by atoms with Crippen LogP contribution in [0.15, 0.2) is 49.1 Å². The Balaban J connectivity index is 2.06. The highest BCUT2D eigenvalue weighted by molar-refractivity contribution is 6.35. The first kappa shape index (κ1) is 15.7. The lowest BCUT2D eigenvalue weighted by Gasteiger charge is -2.19. The molecule has 0 spiro atoms.